The lowest BCUT2D eigenvalue weighted by atomic mass is 10.2. The molecule has 1 amide bonds. The van der Waals surface area contributed by atoms with Gasteiger partial charge in [-0.25, -0.2) is 0 Å². The summed E-state index contributed by atoms with van der Waals surface area (Å²) in [5.41, 5.74) is 6.87. The third-order valence-corrected chi connectivity index (χ3v) is 3.15. The first-order chi connectivity index (χ1) is 7.72. The highest BCUT2D eigenvalue weighted by molar-refractivity contribution is 7.98. The number of thioether (sulfide) groups is 1. The van der Waals surface area contributed by atoms with Gasteiger partial charge in [-0.2, -0.15) is 17.0 Å². The van der Waals surface area contributed by atoms with Crippen LogP contribution in [0.4, 0.5) is 0 Å². The molecule has 0 fully saturated rings. The third-order valence-electron chi connectivity index (χ3n) is 2.04. The second-order valence-electron chi connectivity index (χ2n) is 3.43. The second kappa shape index (κ2) is 6.91. The van der Waals surface area contributed by atoms with Crippen molar-refractivity contribution in [2.24, 2.45) is 5.73 Å². The molecule has 0 aliphatic carbocycles. The van der Waals surface area contributed by atoms with E-state index in [2.05, 4.69) is 6.07 Å². The molecule has 0 saturated heterocycles. The van der Waals surface area contributed by atoms with Crippen LogP contribution in [0.2, 0.25) is 0 Å². The van der Waals surface area contributed by atoms with Crippen LogP contribution in [0.1, 0.15) is 24.0 Å². The molecule has 1 rings (SSSR count). The predicted molar refractivity (Wildman–Crippen MR) is 65.7 cm³/mol. The van der Waals surface area contributed by atoms with Gasteiger partial charge in [-0.15, -0.1) is 0 Å². The molecule has 0 spiro atoms. The fourth-order valence-corrected chi connectivity index (χ4v) is 2.18. The van der Waals surface area contributed by atoms with Gasteiger partial charge in [0.25, 0.3) is 0 Å². The Morgan fingerprint density at radius 3 is 3.00 bits per heavy atom. The zero-order chi connectivity index (χ0) is 11.8. The quantitative estimate of drug-likeness (QED) is 0.766. The van der Waals surface area contributed by atoms with E-state index in [1.807, 2.05) is 18.2 Å². The third kappa shape index (κ3) is 4.85. The first-order valence-electron chi connectivity index (χ1n) is 5.07. The Balaban J connectivity index is 2.27. The molecule has 0 saturated carbocycles. The van der Waals surface area contributed by atoms with Gasteiger partial charge in [0.2, 0.25) is 5.91 Å². The Morgan fingerprint density at radius 2 is 2.31 bits per heavy atom. The molecule has 3 nitrogen and oxygen atoms in total. The zero-order valence-corrected chi connectivity index (χ0v) is 9.80. The SMILES string of the molecule is N#Cc1cccc(CSCCCC(N)=O)c1. The molecule has 0 atom stereocenters. The largest absolute Gasteiger partial charge is 0.370 e. The van der Waals surface area contributed by atoms with Crippen LogP contribution in [0.5, 0.6) is 0 Å². The van der Waals surface area contributed by atoms with Gasteiger partial charge in [0.05, 0.1) is 11.6 Å². The van der Waals surface area contributed by atoms with Crippen LogP contribution in [-0.2, 0) is 10.5 Å². The zero-order valence-electron chi connectivity index (χ0n) is 8.98. The molecule has 1 aromatic rings. The fourth-order valence-electron chi connectivity index (χ4n) is 1.27. The molecule has 0 aliphatic heterocycles. The van der Waals surface area contributed by atoms with Gasteiger partial charge in [0.1, 0.15) is 0 Å². The molecule has 16 heavy (non-hydrogen) atoms. The highest BCUT2D eigenvalue weighted by Gasteiger charge is 1.97. The molecule has 4 heteroatoms. The summed E-state index contributed by atoms with van der Waals surface area (Å²) in [7, 11) is 0. The lowest BCUT2D eigenvalue weighted by Crippen LogP contribution is -2.09. The topological polar surface area (TPSA) is 66.9 Å². The summed E-state index contributed by atoms with van der Waals surface area (Å²) in [4.78, 5) is 10.5. The highest BCUT2D eigenvalue weighted by atomic mass is 32.2. The van der Waals surface area contributed by atoms with Crippen LogP contribution in [-0.4, -0.2) is 11.7 Å². The summed E-state index contributed by atoms with van der Waals surface area (Å²) in [6, 6.07) is 9.68. The lowest BCUT2D eigenvalue weighted by Gasteiger charge is -2.01. The average molecular weight is 234 g/mol. The van der Waals surface area contributed by atoms with Crippen LogP contribution >= 0.6 is 11.8 Å². The summed E-state index contributed by atoms with van der Waals surface area (Å²) in [6.07, 6.45) is 1.27. The molecule has 0 radical (unpaired) electrons. The van der Waals surface area contributed by atoms with Crippen LogP contribution in [0, 0.1) is 11.3 Å². The maximum absolute atomic E-state index is 10.5. The number of primary amides is 1. The van der Waals surface area contributed by atoms with Crippen molar-refractivity contribution in [2.75, 3.05) is 5.75 Å². The smallest absolute Gasteiger partial charge is 0.217 e. The number of hydrogen-bond donors (Lipinski definition) is 1. The number of nitrogens with zero attached hydrogens (tertiary/aromatic N) is 1. The number of nitriles is 1. The minimum atomic E-state index is -0.243. The minimum absolute atomic E-state index is 0.243. The minimum Gasteiger partial charge on any atom is -0.370 e. The fraction of sp³-hybridized carbons (Fsp3) is 0.333. The van der Waals surface area contributed by atoms with E-state index in [1.54, 1.807) is 17.8 Å². The van der Waals surface area contributed by atoms with Crippen LogP contribution in [0.25, 0.3) is 0 Å². The number of carbonyl (C=O) groups excluding carboxylic acids is 1. The van der Waals surface area contributed by atoms with Crippen molar-refractivity contribution in [2.45, 2.75) is 18.6 Å². The van der Waals surface area contributed by atoms with Gasteiger partial charge in [0, 0.05) is 12.2 Å². The summed E-state index contributed by atoms with van der Waals surface area (Å²) in [5.74, 6) is 1.54. The molecule has 0 heterocycles. The lowest BCUT2D eigenvalue weighted by molar-refractivity contribution is -0.118. The molecule has 2 N–H and O–H groups in total. The standard InChI is InChI=1S/C12H14N2OS/c13-8-10-3-1-4-11(7-10)9-16-6-2-5-12(14)15/h1,3-4,7H,2,5-6,9H2,(H2,14,15). The van der Waals surface area contributed by atoms with Gasteiger partial charge in [0.15, 0.2) is 0 Å². The Bertz CT molecular complexity index is 398. The Kier molecular flexibility index (Phi) is 5.44. The molecule has 0 unspecified atom stereocenters. The number of nitrogens with two attached hydrogens (primary N) is 1. The molecular formula is C12H14N2OS. The normalized spacial score (nSPS) is 9.69. The van der Waals surface area contributed by atoms with Crippen LogP contribution in [0.3, 0.4) is 0 Å². The van der Waals surface area contributed by atoms with Gasteiger partial charge < -0.3 is 5.73 Å². The molecular weight excluding hydrogens is 220 g/mol. The van der Waals surface area contributed by atoms with E-state index in [-0.39, 0.29) is 5.91 Å². The van der Waals surface area contributed by atoms with E-state index >= 15 is 0 Å². The molecule has 0 bridgehead atoms. The Labute approximate surface area is 99.6 Å². The van der Waals surface area contributed by atoms with Gasteiger partial charge in [-0.3, -0.25) is 4.79 Å². The maximum Gasteiger partial charge on any atom is 0.217 e. The summed E-state index contributed by atoms with van der Waals surface area (Å²) in [6.45, 7) is 0. The van der Waals surface area contributed by atoms with E-state index in [4.69, 9.17) is 11.0 Å². The number of carbonyl (C=O) groups is 1. The summed E-state index contributed by atoms with van der Waals surface area (Å²) in [5, 5.41) is 8.72. The van der Waals surface area contributed by atoms with E-state index in [1.165, 1.54) is 0 Å². The Hall–Kier alpha value is -1.47. The number of benzene rings is 1. The van der Waals surface area contributed by atoms with Crippen molar-refractivity contribution >= 4 is 17.7 Å². The number of rotatable bonds is 6. The van der Waals surface area contributed by atoms with E-state index in [0.29, 0.717) is 12.0 Å². The number of amides is 1. The van der Waals surface area contributed by atoms with Crippen molar-refractivity contribution in [1.82, 2.24) is 0 Å². The van der Waals surface area contributed by atoms with Crippen LogP contribution < -0.4 is 5.73 Å². The van der Waals surface area contributed by atoms with Crippen molar-refractivity contribution in [3.63, 3.8) is 0 Å². The second-order valence-corrected chi connectivity index (χ2v) is 4.54. The van der Waals surface area contributed by atoms with Gasteiger partial charge in [-0.05, 0) is 29.9 Å². The molecule has 84 valence electrons. The monoisotopic (exact) mass is 234 g/mol. The highest BCUT2D eigenvalue weighted by Crippen LogP contribution is 2.14. The van der Waals surface area contributed by atoms with E-state index in [9.17, 15) is 4.79 Å². The first kappa shape index (κ1) is 12.6. The average Bonchev–Trinajstić information content (AvgIpc) is 2.28. The van der Waals surface area contributed by atoms with Gasteiger partial charge in [-0.1, -0.05) is 12.1 Å². The number of hydrogen-bond acceptors (Lipinski definition) is 3. The first-order valence-corrected chi connectivity index (χ1v) is 6.23. The van der Waals surface area contributed by atoms with Crippen molar-refractivity contribution in [3.05, 3.63) is 35.4 Å². The van der Waals surface area contributed by atoms with Crippen LogP contribution in [0.15, 0.2) is 24.3 Å². The van der Waals surface area contributed by atoms with E-state index < -0.39 is 0 Å². The maximum atomic E-state index is 10.5. The molecule has 1 aromatic carbocycles. The van der Waals surface area contributed by atoms with Crippen molar-refractivity contribution < 1.29 is 4.79 Å². The molecule has 0 aromatic heterocycles. The van der Waals surface area contributed by atoms with Crippen molar-refractivity contribution in [3.8, 4) is 6.07 Å². The Morgan fingerprint density at radius 1 is 1.50 bits per heavy atom. The summed E-state index contributed by atoms with van der Waals surface area (Å²) < 4.78 is 0. The van der Waals surface area contributed by atoms with Crippen molar-refractivity contribution in [1.29, 1.82) is 5.26 Å². The molecule has 0 aliphatic rings. The van der Waals surface area contributed by atoms with E-state index in [0.717, 1.165) is 23.5 Å². The summed E-state index contributed by atoms with van der Waals surface area (Å²) >= 11 is 1.75. The predicted octanol–water partition coefficient (Wildman–Crippen LogP) is 2.06. The van der Waals surface area contributed by atoms with Gasteiger partial charge >= 0.3 is 0 Å².